The third-order valence-corrected chi connectivity index (χ3v) is 4.89. The zero-order chi connectivity index (χ0) is 17.8. The molecule has 0 bridgehead atoms. The molecule has 1 aromatic carbocycles. The van der Waals surface area contributed by atoms with Crippen LogP contribution in [0.1, 0.15) is 24.2 Å². The maximum Gasteiger partial charge on any atom is 0.254 e. The van der Waals surface area contributed by atoms with Crippen molar-refractivity contribution >= 4 is 21.8 Å². The fourth-order valence-corrected chi connectivity index (χ4v) is 2.76. The molecule has 0 atom stereocenters. The highest BCUT2D eigenvalue weighted by Gasteiger charge is 2.19. The maximum absolute atomic E-state index is 12.2. The molecule has 0 heterocycles. The highest BCUT2D eigenvalue weighted by Crippen LogP contribution is 2.14. The van der Waals surface area contributed by atoms with Gasteiger partial charge in [-0.15, -0.1) is 0 Å². The van der Waals surface area contributed by atoms with Gasteiger partial charge in [0.1, 0.15) is 0 Å². The van der Waals surface area contributed by atoms with Gasteiger partial charge in [-0.25, -0.2) is 12.7 Å². The van der Waals surface area contributed by atoms with E-state index < -0.39 is 10.0 Å². The van der Waals surface area contributed by atoms with E-state index in [-0.39, 0.29) is 29.3 Å². The van der Waals surface area contributed by atoms with Gasteiger partial charge in [-0.1, -0.05) is 0 Å². The molecule has 8 heteroatoms. The van der Waals surface area contributed by atoms with Gasteiger partial charge in [0.15, 0.2) is 0 Å². The number of amides is 2. The van der Waals surface area contributed by atoms with Crippen molar-refractivity contribution in [1.29, 1.82) is 0 Å². The van der Waals surface area contributed by atoms with Crippen molar-refractivity contribution in [2.75, 3.05) is 27.7 Å². The van der Waals surface area contributed by atoms with E-state index in [1.807, 2.05) is 13.8 Å². The number of carbonyl (C=O) groups excluding carboxylic acids is 2. The van der Waals surface area contributed by atoms with Crippen molar-refractivity contribution in [3.05, 3.63) is 29.8 Å². The largest absolute Gasteiger partial charge is 0.352 e. The Bertz CT molecular complexity index is 666. The van der Waals surface area contributed by atoms with Crippen LogP contribution in [0.2, 0.25) is 0 Å². The minimum atomic E-state index is -3.53. The molecule has 0 saturated carbocycles. The topological polar surface area (TPSA) is 86.8 Å². The first-order chi connectivity index (χ1) is 10.6. The van der Waals surface area contributed by atoms with E-state index >= 15 is 0 Å². The molecule has 0 saturated heterocycles. The summed E-state index contributed by atoms with van der Waals surface area (Å²) in [7, 11) is 0.873. The zero-order valence-corrected chi connectivity index (χ0v) is 14.8. The molecule has 1 rings (SSSR count). The van der Waals surface area contributed by atoms with Gasteiger partial charge in [0.05, 0.1) is 11.4 Å². The molecular formula is C15H23N3O4S. The van der Waals surface area contributed by atoms with Crippen molar-refractivity contribution in [2.45, 2.75) is 24.8 Å². The highest BCUT2D eigenvalue weighted by molar-refractivity contribution is 7.89. The average Bonchev–Trinajstić information content (AvgIpc) is 2.45. The number of benzene rings is 1. The molecule has 0 aliphatic carbocycles. The quantitative estimate of drug-likeness (QED) is 0.818. The first-order valence-electron chi connectivity index (χ1n) is 7.13. The number of nitrogens with one attached hydrogen (secondary N) is 1. The van der Waals surface area contributed by atoms with Crippen LogP contribution in [0.15, 0.2) is 29.2 Å². The molecule has 23 heavy (non-hydrogen) atoms. The Balaban J connectivity index is 2.84. The second-order valence-corrected chi connectivity index (χ2v) is 7.85. The van der Waals surface area contributed by atoms with Gasteiger partial charge in [-0.05, 0) is 38.1 Å². The molecule has 1 N–H and O–H groups in total. The predicted molar refractivity (Wildman–Crippen MR) is 87.6 cm³/mol. The van der Waals surface area contributed by atoms with Crippen LogP contribution in [0.4, 0.5) is 0 Å². The summed E-state index contributed by atoms with van der Waals surface area (Å²) in [6, 6.07) is 5.64. The predicted octanol–water partition coefficient (Wildman–Crippen LogP) is 0.534. The van der Waals surface area contributed by atoms with E-state index in [0.29, 0.717) is 5.56 Å². The van der Waals surface area contributed by atoms with Gasteiger partial charge in [0.25, 0.3) is 5.91 Å². The lowest BCUT2D eigenvalue weighted by molar-refractivity contribution is -0.122. The molecule has 0 aromatic heterocycles. The van der Waals surface area contributed by atoms with Crippen molar-refractivity contribution < 1.29 is 18.0 Å². The van der Waals surface area contributed by atoms with Crippen LogP contribution in [-0.2, 0) is 14.8 Å². The number of sulfonamides is 1. The molecule has 7 nitrogen and oxygen atoms in total. The van der Waals surface area contributed by atoms with Gasteiger partial charge in [0.2, 0.25) is 15.9 Å². The zero-order valence-electron chi connectivity index (χ0n) is 14.0. The monoisotopic (exact) mass is 341 g/mol. The molecular weight excluding hydrogens is 318 g/mol. The van der Waals surface area contributed by atoms with Gasteiger partial charge in [0, 0.05) is 32.7 Å². The molecule has 0 spiro atoms. The van der Waals surface area contributed by atoms with Crippen LogP contribution >= 0.6 is 0 Å². The maximum atomic E-state index is 12.2. The fourth-order valence-electron chi connectivity index (χ4n) is 1.86. The van der Waals surface area contributed by atoms with Crippen molar-refractivity contribution in [3.8, 4) is 0 Å². The van der Waals surface area contributed by atoms with E-state index in [0.717, 1.165) is 4.31 Å². The third kappa shape index (κ3) is 5.04. The van der Waals surface area contributed by atoms with E-state index in [2.05, 4.69) is 5.32 Å². The second kappa shape index (κ2) is 7.56. The lowest BCUT2D eigenvalue weighted by Gasteiger charge is -2.18. The summed E-state index contributed by atoms with van der Waals surface area (Å²) >= 11 is 0. The lowest BCUT2D eigenvalue weighted by atomic mass is 10.2. The van der Waals surface area contributed by atoms with Gasteiger partial charge >= 0.3 is 0 Å². The summed E-state index contributed by atoms with van der Waals surface area (Å²) in [5.41, 5.74) is 0.322. The van der Waals surface area contributed by atoms with Crippen LogP contribution in [0.3, 0.4) is 0 Å². The summed E-state index contributed by atoms with van der Waals surface area (Å²) in [4.78, 5) is 25.3. The Morgan fingerprint density at radius 2 is 1.61 bits per heavy atom. The molecule has 0 fully saturated rings. The number of hydrogen-bond donors (Lipinski definition) is 1. The Morgan fingerprint density at radius 3 is 2.04 bits per heavy atom. The number of likely N-dealkylation sites (N-methyl/N-ethyl adjacent to an activating group) is 1. The van der Waals surface area contributed by atoms with Crippen LogP contribution in [0.5, 0.6) is 0 Å². The lowest BCUT2D eigenvalue weighted by Crippen LogP contribution is -2.40. The SMILES string of the molecule is CC(C)NC(=O)CN(C)C(=O)c1ccc(S(=O)(=O)N(C)C)cc1. The number of hydrogen-bond acceptors (Lipinski definition) is 4. The highest BCUT2D eigenvalue weighted by atomic mass is 32.2. The fraction of sp³-hybridized carbons (Fsp3) is 0.467. The molecule has 1 aromatic rings. The minimum Gasteiger partial charge on any atom is -0.352 e. The van der Waals surface area contributed by atoms with Crippen LogP contribution < -0.4 is 5.32 Å². The third-order valence-electron chi connectivity index (χ3n) is 3.06. The van der Waals surface area contributed by atoms with Crippen LogP contribution in [0.25, 0.3) is 0 Å². The van der Waals surface area contributed by atoms with E-state index in [1.165, 1.54) is 50.3 Å². The van der Waals surface area contributed by atoms with Crippen molar-refractivity contribution in [1.82, 2.24) is 14.5 Å². The Morgan fingerprint density at radius 1 is 1.09 bits per heavy atom. The van der Waals surface area contributed by atoms with Crippen LogP contribution in [0, 0.1) is 0 Å². The van der Waals surface area contributed by atoms with Gasteiger partial charge < -0.3 is 10.2 Å². The van der Waals surface area contributed by atoms with E-state index in [1.54, 1.807) is 0 Å². The number of nitrogens with zero attached hydrogens (tertiary/aromatic N) is 2. The molecule has 0 aliphatic rings. The Labute approximate surface area is 137 Å². The minimum absolute atomic E-state index is 0.00141. The van der Waals surface area contributed by atoms with Gasteiger partial charge in [-0.2, -0.15) is 0 Å². The summed E-state index contributed by atoms with van der Waals surface area (Å²) in [5, 5.41) is 2.70. The normalized spacial score (nSPS) is 11.6. The first kappa shape index (κ1) is 19.1. The molecule has 0 unspecified atom stereocenters. The Kier molecular flexibility index (Phi) is 6.28. The summed E-state index contributed by atoms with van der Waals surface area (Å²) < 4.78 is 25.0. The summed E-state index contributed by atoms with van der Waals surface area (Å²) in [6.07, 6.45) is 0. The Hall–Kier alpha value is -1.93. The van der Waals surface area contributed by atoms with Crippen molar-refractivity contribution in [2.24, 2.45) is 0 Å². The van der Waals surface area contributed by atoms with E-state index in [4.69, 9.17) is 0 Å². The number of rotatable bonds is 6. The average molecular weight is 341 g/mol. The molecule has 2 amide bonds. The second-order valence-electron chi connectivity index (χ2n) is 5.70. The molecule has 128 valence electrons. The summed E-state index contributed by atoms with van der Waals surface area (Å²) in [6.45, 7) is 3.61. The molecule has 0 radical (unpaired) electrons. The molecule has 0 aliphatic heterocycles. The first-order valence-corrected chi connectivity index (χ1v) is 8.57. The van der Waals surface area contributed by atoms with Crippen molar-refractivity contribution in [3.63, 3.8) is 0 Å². The van der Waals surface area contributed by atoms with E-state index in [9.17, 15) is 18.0 Å². The van der Waals surface area contributed by atoms with Gasteiger partial charge in [-0.3, -0.25) is 9.59 Å². The smallest absolute Gasteiger partial charge is 0.254 e. The van der Waals surface area contributed by atoms with Crippen LogP contribution in [-0.4, -0.2) is 63.2 Å². The summed E-state index contributed by atoms with van der Waals surface area (Å²) in [5.74, 6) is -0.597. The standard InChI is InChI=1S/C15H23N3O4S/c1-11(2)16-14(19)10-18(5)15(20)12-6-8-13(9-7-12)23(21,22)17(3)4/h6-9,11H,10H2,1-5H3,(H,16,19). The number of carbonyl (C=O) groups is 2.